The van der Waals surface area contributed by atoms with Crippen molar-refractivity contribution < 1.29 is 0 Å². The molecule has 0 amide bonds. The lowest BCUT2D eigenvalue weighted by Crippen LogP contribution is -1.65. The molecule has 11 heavy (non-hydrogen) atoms. The molecule has 0 aliphatic carbocycles. The number of benzene rings is 1. The first kappa shape index (κ1) is 5.93. The average Bonchev–Trinajstić information content (AvgIpc) is 2.50. The first-order chi connectivity index (χ1) is 5.40. The van der Waals surface area contributed by atoms with Crippen molar-refractivity contribution in [1.82, 2.24) is 10.2 Å². The normalized spacial score (nSPS) is 9.73. The number of fused-ring (bicyclic) bond motifs is 1. The molecule has 2 rings (SSSR count). The highest BCUT2D eigenvalue weighted by Gasteiger charge is 1.95. The van der Waals surface area contributed by atoms with Crippen molar-refractivity contribution in [2.24, 2.45) is 0 Å². The number of H-pyrrole nitrogens is 1. The maximum Gasteiger partial charge on any atom is 0.188 e. The van der Waals surface area contributed by atoms with Crippen molar-refractivity contribution in [3.05, 3.63) is 35.8 Å². The van der Waals surface area contributed by atoms with Gasteiger partial charge in [-0.05, 0) is 12.1 Å². The smallest absolute Gasteiger partial charge is 0.188 e. The summed E-state index contributed by atoms with van der Waals surface area (Å²) in [7, 11) is 0. The second kappa shape index (κ2) is 2.10. The summed E-state index contributed by atoms with van der Waals surface area (Å²) in [5.41, 5.74) is 1.62. The molecule has 0 saturated heterocycles. The Morgan fingerprint density at radius 2 is 2.36 bits per heavy atom. The van der Waals surface area contributed by atoms with Gasteiger partial charge in [0.2, 0.25) is 0 Å². The summed E-state index contributed by atoms with van der Waals surface area (Å²) in [6.07, 6.45) is 1.71. The van der Waals surface area contributed by atoms with Crippen LogP contribution in [0.3, 0.4) is 0 Å². The third-order valence-electron chi connectivity index (χ3n) is 1.55. The second-order valence-electron chi connectivity index (χ2n) is 2.25. The zero-order chi connectivity index (χ0) is 7.68. The van der Waals surface area contributed by atoms with Gasteiger partial charge in [-0.2, -0.15) is 5.10 Å². The van der Waals surface area contributed by atoms with Crippen LogP contribution in [0, 0.1) is 6.57 Å². The molecule has 1 N–H and O–H groups in total. The molecule has 1 heterocycles. The lowest BCUT2D eigenvalue weighted by molar-refractivity contribution is 1.12. The Morgan fingerprint density at radius 3 is 3.18 bits per heavy atom. The summed E-state index contributed by atoms with van der Waals surface area (Å²) in [6, 6.07) is 5.44. The Morgan fingerprint density at radius 1 is 1.45 bits per heavy atom. The Labute approximate surface area is 63.5 Å². The highest BCUT2D eigenvalue weighted by atomic mass is 15.1. The fourth-order valence-corrected chi connectivity index (χ4v) is 1.000. The third kappa shape index (κ3) is 0.849. The molecule has 0 atom stereocenters. The van der Waals surface area contributed by atoms with Gasteiger partial charge in [-0.3, -0.25) is 5.10 Å². The first-order valence-electron chi connectivity index (χ1n) is 3.21. The highest BCUT2D eigenvalue weighted by molar-refractivity contribution is 5.81. The number of hydrogen-bond donors (Lipinski definition) is 1. The van der Waals surface area contributed by atoms with Gasteiger partial charge in [-0.1, -0.05) is 6.07 Å². The summed E-state index contributed by atoms with van der Waals surface area (Å²) < 4.78 is 0. The van der Waals surface area contributed by atoms with Gasteiger partial charge >= 0.3 is 0 Å². The first-order valence-corrected chi connectivity index (χ1v) is 3.21. The molecule has 2 aromatic rings. The maximum atomic E-state index is 6.77. The van der Waals surface area contributed by atoms with Gasteiger partial charge in [0, 0.05) is 5.39 Å². The van der Waals surface area contributed by atoms with E-state index in [-0.39, 0.29) is 0 Å². The molecule has 0 radical (unpaired) electrons. The zero-order valence-corrected chi connectivity index (χ0v) is 5.70. The minimum absolute atomic E-state index is 0.652. The molecule has 3 nitrogen and oxygen atoms in total. The molecule has 1 aromatic carbocycles. The van der Waals surface area contributed by atoms with Gasteiger partial charge in [0.05, 0.1) is 18.3 Å². The number of nitrogens with zero attached hydrogens (tertiary/aromatic N) is 2. The van der Waals surface area contributed by atoms with Crippen LogP contribution in [-0.4, -0.2) is 10.2 Å². The SMILES string of the molecule is [C-]#[N+]c1ccc2[nH]ncc2c1. The number of aromatic amines is 1. The quantitative estimate of drug-likeness (QED) is 0.563. The van der Waals surface area contributed by atoms with Crippen LogP contribution in [0.4, 0.5) is 5.69 Å². The second-order valence-corrected chi connectivity index (χ2v) is 2.25. The Balaban J connectivity index is 2.79. The van der Waals surface area contributed by atoms with Gasteiger partial charge in [-0.15, -0.1) is 0 Å². The molecule has 0 spiro atoms. The molecule has 0 unspecified atom stereocenters. The summed E-state index contributed by atoms with van der Waals surface area (Å²) >= 11 is 0. The molecule has 0 fully saturated rings. The molecule has 0 saturated carbocycles. The van der Waals surface area contributed by atoms with E-state index in [4.69, 9.17) is 6.57 Å². The number of rotatable bonds is 0. The lowest BCUT2D eigenvalue weighted by Gasteiger charge is -1.87. The lowest BCUT2D eigenvalue weighted by atomic mass is 10.2. The van der Waals surface area contributed by atoms with E-state index in [0.29, 0.717) is 5.69 Å². The van der Waals surface area contributed by atoms with Gasteiger partial charge in [-0.25, -0.2) is 4.85 Å². The molecule has 0 bridgehead atoms. The number of nitrogens with one attached hydrogen (secondary N) is 1. The third-order valence-corrected chi connectivity index (χ3v) is 1.55. The van der Waals surface area contributed by atoms with Crippen LogP contribution >= 0.6 is 0 Å². The van der Waals surface area contributed by atoms with Crippen molar-refractivity contribution in [2.45, 2.75) is 0 Å². The summed E-state index contributed by atoms with van der Waals surface area (Å²) in [6.45, 7) is 6.77. The fourth-order valence-electron chi connectivity index (χ4n) is 1.000. The zero-order valence-electron chi connectivity index (χ0n) is 5.70. The van der Waals surface area contributed by atoms with Gasteiger partial charge < -0.3 is 0 Å². The van der Waals surface area contributed by atoms with E-state index in [1.54, 1.807) is 12.3 Å². The minimum atomic E-state index is 0.652. The van der Waals surface area contributed by atoms with Crippen LogP contribution < -0.4 is 0 Å². The monoisotopic (exact) mass is 143 g/mol. The van der Waals surface area contributed by atoms with E-state index in [1.165, 1.54) is 0 Å². The van der Waals surface area contributed by atoms with Crippen LogP contribution in [0.25, 0.3) is 15.7 Å². The maximum absolute atomic E-state index is 6.77. The van der Waals surface area contributed by atoms with Crippen molar-refractivity contribution >= 4 is 16.6 Å². The molecule has 52 valence electrons. The van der Waals surface area contributed by atoms with E-state index < -0.39 is 0 Å². The Kier molecular flexibility index (Phi) is 1.13. The molecular weight excluding hydrogens is 138 g/mol. The summed E-state index contributed by atoms with van der Waals surface area (Å²) in [4.78, 5) is 3.31. The summed E-state index contributed by atoms with van der Waals surface area (Å²) in [5, 5.41) is 7.65. The van der Waals surface area contributed by atoms with Gasteiger partial charge in [0.1, 0.15) is 0 Å². The summed E-state index contributed by atoms with van der Waals surface area (Å²) in [5.74, 6) is 0. The molecular formula is C8H5N3. The van der Waals surface area contributed by atoms with Crippen molar-refractivity contribution in [1.29, 1.82) is 0 Å². The van der Waals surface area contributed by atoms with Crippen LogP contribution in [0.5, 0.6) is 0 Å². The number of aromatic nitrogens is 2. The Hall–Kier alpha value is -1.82. The average molecular weight is 143 g/mol. The number of hydrogen-bond acceptors (Lipinski definition) is 1. The molecule has 0 aliphatic rings. The van der Waals surface area contributed by atoms with E-state index in [2.05, 4.69) is 15.0 Å². The van der Waals surface area contributed by atoms with Crippen molar-refractivity contribution in [3.63, 3.8) is 0 Å². The molecule has 0 aliphatic heterocycles. The van der Waals surface area contributed by atoms with Gasteiger partial charge in [0.25, 0.3) is 0 Å². The minimum Gasteiger partial charge on any atom is -0.278 e. The molecule has 3 heteroatoms. The molecule has 1 aromatic heterocycles. The van der Waals surface area contributed by atoms with E-state index in [1.807, 2.05) is 12.1 Å². The van der Waals surface area contributed by atoms with E-state index >= 15 is 0 Å². The predicted octanol–water partition coefficient (Wildman–Crippen LogP) is 2.11. The van der Waals surface area contributed by atoms with Crippen LogP contribution in [-0.2, 0) is 0 Å². The van der Waals surface area contributed by atoms with E-state index in [9.17, 15) is 0 Å². The topological polar surface area (TPSA) is 33.0 Å². The highest BCUT2D eigenvalue weighted by Crippen LogP contribution is 2.18. The van der Waals surface area contributed by atoms with E-state index in [0.717, 1.165) is 10.9 Å². The van der Waals surface area contributed by atoms with Crippen molar-refractivity contribution in [2.75, 3.05) is 0 Å². The standard InChI is InChI=1S/C8H5N3/c1-9-7-2-3-8-6(4-7)5-10-11-8/h2-5H,(H,10,11). The van der Waals surface area contributed by atoms with Crippen LogP contribution in [0.1, 0.15) is 0 Å². The van der Waals surface area contributed by atoms with Crippen LogP contribution in [0.15, 0.2) is 24.4 Å². The van der Waals surface area contributed by atoms with Crippen LogP contribution in [0.2, 0.25) is 0 Å². The fraction of sp³-hybridized carbons (Fsp3) is 0. The van der Waals surface area contributed by atoms with Crippen molar-refractivity contribution in [3.8, 4) is 0 Å². The predicted molar refractivity (Wildman–Crippen MR) is 42.4 cm³/mol. The van der Waals surface area contributed by atoms with Gasteiger partial charge in [0.15, 0.2) is 5.69 Å². The Bertz CT molecular complexity index is 422. The largest absolute Gasteiger partial charge is 0.278 e.